The minimum atomic E-state index is -0.536. The van der Waals surface area contributed by atoms with Gasteiger partial charge in [-0.1, -0.05) is 12.1 Å². The van der Waals surface area contributed by atoms with Gasteiger partial charge in [0.05, 0.1) is 5.56 Å². The van der Waals surface area contributed by atoms with Crippen LogP contribution in [0.15, 0.2) is 61.1 Å². The summed E-state index contributed by atoms with van der Waals surface area (Å²) in [6.45, 7) is 5.98. The molecule has 202 valence electrons. The van der Waals surface area contributed by atoms with Crippen molar-refractivity contribution in [3.63, 3.8) is 0 Å². The number of aromatic nitrogens is 3. The Hall–Kier alpha value is -4.37. The highest BCUT2D eigenvalue weighted by Crippen LogP contribution is 2.34. The average molecular weight is 527 g/mol. The van der Waals surface area contributed by atoms with Crippen LogP contribution in [0.2, 0.25) is 0 Å². The molecule has 39 heavy (non-hydrogen) atoms. The predicted molar refractivity (Wildman–Crippen MR) is 151 cm³/mol. The number of nitrogens with two attached hydrogens (primary N) is 2. The molecule has 1 saturated heterocycles. The predicted octanol–water partition coefficient (Wildman–Crippen LogP) is 4.71. The van der Waals surface area contributed by atoms with Crippen LogP contribution in [0, 0.1) is 13.8 Å². The Morgan fingerprint density at radius 1 is 1.05 bits per heavy atom. The van der Waals surface area contributed by atoms with E-state index in [1.165, 1.54) is 0 Å². The van der Waals surface area contributed by atoms with E-state index in [1.807, 2.05) is 67.1 Å². The van der Waals surface area contributed by atoms with Crippen molar-refractivity contribution >= 4 is 11.7 Å². The fourth-order valence-electron chi connectivity index (χ4n) is 4.99. The van der Waals surface area contributed by atoms with Gasteiger partial charge in [-0.25, -0.2) is 9.97 Å². The van der Waals surface area contributed by atoms with Crippen molar-refractivity contribution in [2.45, 2.75) is 45.9 Å². The average Bonchev–Trinajstić information content (AvgIpc) is 3.46. The minimum Gasteiger partial charge on any atom is -0.489 e. The number of benzene rings is 2. The lowest BCUT2D eigenvalue weighted by atomic mass is 10.0. The zero-order valence-corrected chi connectivity index (χ0v) is 22.6. The van der Waals surface area contributed by atoms with Gasteiger partial charge in [0.2, 0.25) is 0 Å². The Bertz CT molecular complexity index is 1460. The number of anilines is 1. The first-order valence-corrected chi connectivity index (χ1v) is 13.1. The normalized spacial score (nSPS) is 15.4. The van der Waals surface area contributed by atoms with E-state index in [9.17, 15) is 4.79 Å². The summed E-state index contributed by atoms with van der Waals surface area (Å²) in [4.78, 5) is 23.1. The van der Waals surface area contributed by atoms with Gasteiger partial charge in [0.25, 0.3) is 5.91 Å². The molecule has 0 radical (unpaired) electrons. The molecule has 4 aromatic rings. The van der Waals surface area contributed by atoms with Crippen molar-refractivity contribution in [1.82, 2.24) is 19.4 Å². The molecular weight excluding hydrogens is 492 g/mol. The van der Waals surface area contributed by atoms with Crippen molar-refractivity contribution in [2.24, 2.45) is 5.73 Å². The van der Waals surface area contributed by atoms with Crippen molar-refractivity contribution < 1.29 is 14.3 Å². The number of hydrogen-bond acceptors (Lipinski definition) is 7. The summed E-state index contributed by atoms with van der Waals surface area (Å²) < 4.78 is 14.0. The van der Waals surface area contributed by atoms with Crippen LogP contribution in [0.1, 0.15) is 40.2 Å². The number of rotatable bonds is 9. The number of ether oxygens (including phenoxy) is 2. The van der Waals surface area contributed by atoms with E-state index in [1.54, 1.807) is 12.4 Å². The van der Waals surface area contributed by atoms with Crippen molar-refractivity contribution in [3.05, 3.63) is 83.6 Å². The van der Waals surface area contributed by atoms with Crippen LogP contribution in [0.25, 0.3) is 11.1 Å². The molecule has 3 heterocycles. The third-order valence-electron chi connectivity index (χ3n) is 7.11. The second kappa shape index (κ2) is 11.2. The van der Waals surface area contributed by atoms with Gasteiger partial charge in [-0.15, -0.1) is 0 Å². The lowest BCUT2D eigenvalue weighted by Crippen LogP contribution is -2.29. The van der Waals surface area contributed by atoms with Crippen LogP contribution in [0.3, 0.4) is 0 Å². The topological polar surface area (TPSA) is 122 Å². The van der Waals surface area contributed by atoms with Crippen LogP contribution in [-0.2, 0) is 13.2 Å². The first-order chi connectivity index (χ1) is 18.8. The smallest absolute Gasteiger partial charge is 0.253 e. The molecule has 1 aliphatic heterocycles. The van der Waals surface area contributed by atoms with Crippen LogP contribution in [-0.4, -0.2) is 45.0 Å². The zero-order valence-electron chi connectivity index (χ0n) is 22.6. The van der Waals surface area contributed by atoms with E-state index in [-0.39, 0.29) is 0 Å². The first kappa shape index (κ1) is 26.2. The third kappa shape index (κ3) is 6.04. The first-order valence-electron chi connectivity index (χ1n) is 13.1. The van der Waals surface area contributed by atoms with E-state index in [4.69, 9.17) is 20.9 Å². The Morgan fingerprint density at radius 3 is 2.44 bits per heavy atom. The van der Waals surface area contributed by atoms with Crippen molar-refractivity contribution in [3.8, 4) is 28.4 Å². The molecule has 0 spiro atoms. The highest BCUT2D eigenvalue weighted by Gasteiger charge is 2.25. The number of amides is 1. The monoisotopic (exact) mass is 526 g/mol. The number of hydrogen-bond donors (Lipinski definition) is 2. The number of primary amides is 1. The SMILES string of the molecule is Cc1cc(OCc2cnc(C)nc2)cc(Oc2ccc(-c3cn(C[C@H]4CCCN4C)c(N)c3C(N)=O)cc2)c1. The van der Waals surface area contributed by atoms with Crippen LogP contribution < -0.4 is 20.9 Å². The van der Waals surface area contributed by atoms with Crippen LogP contribution in [0.5, 0.6) is 17.2 Å². The Balaban J connectivity index is 1.31. The lowest BCUT2D eigenvalue weighted by molar-refractivity contribution is 0.100. The number of nitrogen functional groups attached to an aromatic ring is 1. The Labute approximate surface area is 228 Å². The molecule has 0 saturated carbocycles. The molecule has 0 aliphatic carbocycles. The van der Waals surface area contributed by atoms with E-state index in [0.29, 0.717) is 41.3 Å². The zero-order chi connectivity index (χ0) is 27.5. The molecule has 2 aromatic carbocycles. The highest BCUT2D eigenvalue weighted by atomic mass is 16.5. The minimum absolute atomic E-state index is 0.351. The summed E-state index contributed by atoms with van der Waals surface area (Å²) in [7, 11) is 2.12. The number of likely N-dealkylation sites (tertiary alicyclic amines) is 1. The third-order valence-corrected chi connectivity index (χ3v) is 7.11. The van der Waals surface area contributed by atoms with E-state index in [0.717, 1.165) is 54.0 Å². The summed E-state index contributed by atoms with van der Waals surface area (Å²) in [5.74, 6) is 2.60. The highest BCUT2D eigenvalue weighted by molar-refractivity contribution is 6.04. The summed E-state index contributed by atoms with van der Waals surface area (Å²) in [6.07, 6.45) is 7.72. The molecule has 9 nitrogen and oxygen atoms in total. The maximum absolute atomic E-state index is 12.3. The van der Waals surface area contributed by atoms with Crippen molar-refractivity contribution in [2.75, 3.05) is 19.3 Å². The maximum Gasteiger partial charge on any atom is 0.253 e. The molecule has 1 aliphatic rings. The van der Waals surface area contributed by atoms with Gasteiger partial charge >= 0.3 is 0 Å². The number of likely N-dealkylation sites (N-methyl/N-ethyl adjacent to an activating group) is 1. The molecule has 1 fully saturated rings. The lowest BCUT2D eigenvalue weighted by Gasteiger charge is -2.20. The second-order valence-electron chi connectivity index (χ2n) is 10.1. The molecule has 9 heteroatoms. The fourth-order valence-corrected chi connectivity index (χ4v) is 4.99. The van der Waals surface area contributed by atoms with E-state index >= 15 is 0 Å². The van der Waals surface area contributed by atoms with Gasteiger partial charge in [-0.2, -0.15) is 0 Å². The van der Waals surface area contributed by atoms with Gasteiger partial charge in [0.1, 0.15) is 35.5 Å². The van der Waals surface area contributed by atoms with Gasteiger partial charge in [-0.3, -0.25) is 4.79 Å². The second-order valence-corrected chi connectivity index (χ2v) is 10.1. The molecular formula is C30H34N6O3. The standard InChI is InChI=1S/C30H34N6O3/c1-19-11-25(38-18-21-14-33-20(2)34-15-21)13-26(12-19)39-24-8-6-22(7-9-24)27-17-36(29(31)28(27)30(32)37)16-23-5-4-10-35(23)3/h6-9,11-15,17,23H,4-5,10,16,18,31H2,1-3H3,(H2,32,37)/t23-/m1/s1. The quantitative estimate of drug-likeness (QED) is 0.324. The number of carbonyl (C=O) groups is 1. The van der Waals surface area contributed by atoms with E-state index < -0.39 is 5.91 Å². The molecule has 0 unspecified atom stereocenters. The van der Waals surface area contributed by atoms with Gasteiger partial charge < -0.3 is 30.4 Å². The largest absolute Gasteiger partial charge is 0.489 e. The molecule has 5 rings (SSSR count). The summed E-state index contributed by atoms with van der Waals surface area (Å²) in [6, 6.07) is 13.7. The Kier molecular flexibility index (Phi) is 7.51. The molecule has 1 atom stereocenters. The molecule has 2 aromatic heterocycles. The summed E-state index contributed by atoms with van der Waals surface area (Å²) in [5, 5.41) is 0. The van der Waals surface area contributed by atoms with Crippen molar-refractivity contribution in [1.29, 1.82) is 0 Å². The number of carbonyl (C=O) groups excluding carboxylic acids is 1. The maximum atomic E-state index is 12.3. The Morgan fingerprint density at radius 2 is 1.77 bits per heavy atom. The summed E-state index contributed by atoms with van der Waals surface area (Å²) >= 11 is 0. The molecule has 4 N–H and O–H groups in total. The number of nitrogens with zero attached hydrogens (tertiary/aromatic N) is 4. The van der Waals surface area contributed by atoms with E-state index in [2.05, 4.69) is 21.9 Å². The van der Waals surface area contributed by atoms with Gasteiger partial charge in [0, 0.05) is 48.4 Å². The number of aryl methyl sites for hydroxylation is 2. The molecule has 0 bridgehead atoms. The van der Waals surface area contributed by atoms with Crippen LogP contribution >= 0.6 is 0 Å². The van der Waals surface area contributed by atoms with Gasteiger partial charge in [0.15, 0.2) is 0 Å². The summed E-state index contributed by atoms with van der Waals surface area (Å²) in [5.41, 5.74) is 16.0. The molecule has 1 amide bonds. The van der Waals surface area contributed by atoms with Gasteiger partial charge in [-0.05, 0) is 75.7 Å². The van der Waals surface area contributed by atoms with Crippen LogP contribution in [0.4, 0.5) is 5.82 Å². The fraction of sp³-hybridized carbons (Fsp3) is 0.300.